The van der Waals surface area contributed by atoms with Gasteiger partial charge in [-0.15, -0.1) is 0 Å². The average molecular weight is 162 g/mol. The molecule has 0 bridgehead atoms. The summed E-state index contributed by atoms with van der Waals surface area (Å²) in [6.45, 7) is 3.67. The number of hydrogen-bond donors (Lipinski definition) is 0. The Morgan fingerprint density at radius 2 is 2.20 bits per heavy atom. The summed E-state index contributed by atoms with van der Waals surface area (Å²) in [5.74, 6) is 1.49. The van der Waals surface area contributed by atoms with Crippen molar-refractivity contribution in [3.8, 4) is 0 Å². The molecule has 0 saturated heterocycles. The fourth-order valence-corrected chi connectivity index (χ4v) is 2.27. The second-order valence-corrected chi connectivity index (χ2v) is 4.66. The van der Waals surface area contributed by atoms with Gasteiger partial charge >= 0.3 is 7.60 Å². The smallest absolute Gasteiger partial charge is 0.309 e. The van der Waals surface area contributed by atoms with E-state index >= 15 is 0 Å². The van der Waals surface area contributed by atoms with Gasteiger partial charge in [-0.05, 0) is 19.9 Å². The maximum atomic E-state index is 11.3. The predicted molar refractivity (Wildman–Crippen MR) is 38.9 cm³/mol. The molecule has 0 fully saturated rings. The summed E-state index contributed by atoms with van der Waals surface area (Å²) in [6, 6.07) is 0. The van der Waals surface area contributed by atoms with E-state index in [2.05, 4.69) is 4.52 Å². The van der Waals surface area contributed by atoms with Crippen LogP contribution < -0.4 is 0 Å². The van der Waals surface area contributed by atoms with Crippen LogP contribution >= 0.6 is 7.60 Å². The molecule has 0 aromatic heterocycles. The zero-order valence-electron chi connectivity index (χ0n) is 6.33. The van der Waals surface area contributed by atoms with Crippen molar-refractivity contribution in [3.05, 3.63) is 11.9 Å². The zero-order valence-corrected chi connectivity index (χ0v) is 7.22. The molecule has 0 saturated carbocycles. The Kier molecular flexibility index (Phi) is 1.75. The first-order valence-electron chi connectivity index (χ1n) is 3.04. The molecule has 0 aromatic carbocycles. The molecule has 0 N–H and O–H groups in total. The lowest BCUT2D eigenvalue weighted by molar-refractivity contribution is 0.145. The SMILES string of the molecule is COP1(=O)C=CC(C)(C)O1. The van der Waals surface area contributed by atoms with Crippen molar-refractivity contribution in [1.29, 1.82) is 0 Å². The van der Waals surface area contributed by atoms with Crippen LogP contribution in [0.5, 0.6) is 0 Å². The summed E-state index contributed by atoms with van der Waals surface area (Å²) >= 11 is 0. The van der Waals surface area contributed by atoms with Gasteiger partial charge in [0.25, 0.3) is 0 Å². The minimum Gasteiger partial charge on any atom is -0.309 e. The highest BCUT2D eigenvalue weighted by molar-refractivity contribution is 7.57. The molecule has 10 heavy (non-hydrogen) atoms. The normalized spacial score (nSPS) is 36.7. The van der Waals surface area contributed by atoms with E-state index in [1.165, 1.54) is 12.9 Å². The van der Waals surface area contributed by atoms with Gasteiger partial charge in [0.2, 0.25) is 0 Å². The van der Waals surface area contributed by atoms with Gasteiger partial charge in [-0.25, -0.2) is 0 Å². The highest BCUT2D eigenvalue weighted by atomic mass is 31.2. The van der Waals surface area contributed by atoms with Crippen LogP contribution in [0.15, 0.2) is 11.9 Å². The van der Waals surface area contributed by atoms with Crippen LogP contribution in [0.3, 0.4) is 0 Å². The van der Waals surface area contributed by atoms with Gasteiger partial charge in [0.15, 0.2) is 0 Å². The van der Waals surface area contributed by atoms with Crippen molar-refractivity contribution < 1.29 is 13.6 Å². The summed E-state index contributed by atoms with van der Waals surface area (Å²) in [7, 11) is -1.47. The lowest BCUT2D eigenvalue weighted by atomic mass is 10.1. The van der Waals surface area contributed by atoms with Crippen molar-refractivity contribution in [2.75, 3.05) is 7.11 Å². The maximum Gasteiger partial charge on any atom is 0.354 e. The molecule has 1 aliphatic rings. The lowest BCUT2D eigenvalue weighted by Crippen LogP contribution is -2.14. The second kappa shape index (κ2) is 2.19. The minimum absolute atomic E-state index is 0.439. The van der Waals surface area contributed by atoms with Gasteiger partial charge < -0.3 is 4.52 Å². The van der Waals surface area contributed by atoms with Gasteiger partial charge in [0.1, 0.15) is 0 Å². The molecule has 1 unspecified atom stereocenters. The molecule has 1 atom stereocenters. The Bertz CT molecular complexity index is 207. The molecule has 0 aromatic rings. The Hall–Kier alpha value is -0.110. The molecule has 58 valence electrons. The van der Waals surface area contributed by atoms with E-state index in [4.69, 9.17) is 4.52 Å². The summed E-state index contributed by atoms with van der Waals surface area (Å²) in [5, 5.41) is 0. The summed E-state index contributed by atoms with van der Waals surface area (Å²) < 4.78 is 21.1. The van der Waals surface area contributed by atoms with Crippen LogP contribution in [0.4, 0.5) is 0 Å². The van der Waals surface area contributed by atoms with E-state index in [0.717, 1.165) is 0 Å². The van der Waals surface area contributed by atoms with Crippen LogP contribution in [0.25, 0.3) is 0 Å². The molecule has 3 nitrogen and oxygen atoms in total. The lowest BCUT2D eigenvalue weighted by Gasteiger charge is -2.17. The van der Waals surface area contributed by atoms with Gasteiger partial charge in [0.05, 0.1) is 5.60 Å². The molecule has 1 heterocycles. The van der Waals surface area contributed by atoms with Crippen LogP contribution in [0.1, 0.15) is 13.8 Å². The Morgan fingerprint density at radius 1 is 1.60 bits per heavy atom. The average Bonchev–Trinajstić information content (AvgIpc) is 2.08. The van der Waals surface area contributed by atoms with Gasteiger partial charge in [0, 0.05) is 12.9 Å². The molecular weight excluding hydrogens is 151 g/mol. The molecular formula is C6H11O3P. The van der Waals surface area contributed by atoms with E-state index in [1.54, 1.807) is 6.08 Å². The van der Waals surface area contributed by atoms with Crippen molar-refractivity contribution in [2.24, 2.45) is 0 Å². The third-order valence-corrected chi connectivity index (χ3v) is 3.02. The standard InChI is InChI=1S/C6H11O3P/c1-6(2)4-5-10(7,8-3)9-6/h4-5H,1-3H3. The maximum absolute atomic E-state index is 11.3. The predicted octanol–water partition coefficient (Wildman–Crippen LogP) is 2.15. The second-order valence-electron chi connectivity index (χ2n) is 2.73. The van der Waals surface area contributed by atoms with Crippen molar-refractivity contribution in [3.63, 3.8) is 0 Å². The Labute approximate surface area is 60.6 Å². The van der Waals surface area contributed by atoms with Crippen LogP contribution in [-0.2, 0) is 13.6 Å². The van der Waals surface area contributed by atoms with E-state index in [0.29, 0.717) is 0 Å². The molecule has 4 heteroatoms. The van der Waals surface area contributed by atoms with Crippen LogP contribution in [0.2, 0.25) is 0 Å². The summed E-state index contributed by atoms with van der Waals surface area (Å²) in [4.78, 5) is 0. The first kappa shape index (κ1) is 7.99. The minimum atomic E-state index is -2.85. The Morgan fingerprint density at radius 3 is 2.40 bits per heavy atom. The van der Waals surface area contributed by atoms with Crippen molar-refractivity contribution in [1.82, 2.24) is 0 Å². The topological polar surface area (TPSA) is 35.5 Å². The monoisotopic (exact) mass is 162 g/mol. The highest BCUT2D eigenvalue weighted by Crippen LogP contribution is 2.57. The van der Waals surface area contributed by atoms with E-state index in [-0.39, 0.29) is 0 Å². The van der Waals surface area contributed by atoms with E-state index < -0.39 is 13.2 Å². The quantitative estimate of drug-likeness (QED) is 0.554. The fourth-order valence-electron chi connectivity index (χ4n) is 0.758. The largest absolute Gasteiger partial charge is 0.354 e. The van der Waals surface area contributed by atoms with E-state index in [9.17, 15) is 4.57 Å². The van der Waals surface area contributed by atoms with Crippen molar-refractivity contribution >= 4 is 7.60 Å². The highest BCUT2D eigenvalue weighted by Gasteiger charge is 2.34. The first-order chi connectivity index (χ1) is 4.47. The number of rotatable bonds is 1. The van der Waals surface area contributed by atoms with Crippen LogP contribution in [0, 0.1) is 0 Å². The fraction of sp³-hybridized carbons (Fsp3) is 0.667. The van der Waals surface area contributed by atoms with Gasteiger partial charge in [-0.1, -0.05) is 0 Å². The Balaban J connectivity index is 2.79. The molecule has 0 aliphatic carbocycles. The molecule has 1 rings (SSSR count). The first-order valence-corrected chi connectivity index (χ1v) is 4.65. The van der Waals surface area contributed by atoms with Gasteiger partial charge in [-0.2, -0.15) is 0 Å². The molecule has 0 spiro atoms. The van der Waals surface area contributed by atoms with E-state index in [1.807, 2.05) is 13.8 Å². The molecule has 1 aliphatic heterocycles. The summed E-state index contributed by atoms with van der Waals surface area (Å²) in [5.41, 5.74) is -0.439. The summed E-state index contributed by atoms with van der Waals surface area (Å²) in [6.07, 6.45) is 1.75. The third kappa shape index (κ3) is 1.48. The van der Waals surface area contributed by atoms with Crippen molar-refractivity contribution in [2.45, 2.75) is 19.4 Å². The zero-order chi connectivity index (χ0) is 7.83. The number of hydrogen-bond acceptors (Lipinski definition) is 3. The third-order valence-electron chi connectivity index (χ3n) is 1.28. The molecule has 0 radical (unpaired) electrons. The van der Waals surface area contributed by atoms with Gasteiger partial charge in [-0.3, -0.25) is 9.09 Å². The van der Waals surface area contributed by atoms with Crippen LogP contribution in [-0.4, -0.2) is 12.7 Å². The molecule has 0 amide bonds.